The highest BCUT2D eigenvalue weighted by Crippen LogP contribution is 2.55. The van der Waals surface area contributed by atoms with Crippen molar-refractivity contribution in [2.24, 2.45) is 0 Å². The summed E-state index contributed by atoms with van der Waals surface area (Å²) in [6, 6.07) is 41.5. The molecule has 1 aromatic heterocycles. The monoisotopic (exact) mass is 1000 g/mol. The fraction of sp³-hybridized carbons (Fsp3) is 0.444. The average molecular weight is 1000 g/mol. The summed E-state index contributed by atoms with van der Waals surface area (Å²) in [7, 11) is 0.809. The van der Waals surface area contributed by atoms with Gasteiger partial charge in [-0.2, -0.15) is 0 Å². The second-order valence-electron chi connectivity index (χ2n) is 30.1. The largest absolute Gasteiger partial charge is 0.455 e. The zero-order valence-corrected chi connectivity index (χ0v) is 49.0. The van der Waals surface area contributed by atoms with Crippen LogP contribution in [0.2, 0.25) is 0 Å². The van der Waals surface area contributed by atoms with E-state index in [1.165, 1.54) is 145 Å². The third-order valence-corrected chi connectivity index (χ3v) is 21.1. The standard InChI is InChI=1S/C72H83BN2O/c1-65(2)27-29-67(5,6)50-36-43(21-24-48(50)65)74-57-26-23-46-47-38-52-55(72(15,16)34-31-69(52,9)10)41-60(47)76-64(46)62(57)61-45-20-18-17-19-42(45)35-59-63(61)73-56-39-53-54(71(13,14)33-32-70(53,11)12)40-58(56)75(59)44-22-25-49-51(37-44)68(7,8)30-28-66(49,3)4/h17-26,35-41,73-74H,27-34H2,1-16H3. The van der Waals surface area contributed by atoms with Crippen LogP contribution in [0.4, 0.5) is 28.4 Å². The van der Waals surface area contributed by atoms with E-state index in [0.29, 0.717) is 0 Å². The lowest BCUT2D eigenvalue weighted by Crippen LogP contribution is -2.44. The Morgan fingerprint density at radius 2 is 0.908 bits per heavy atom. The van der Waals surface area contributed by atoms with Crippen LogP contribution < -0.4 is 21.1 Å². The molecular weight excluding hydrogens is 920 g/mol. The SMILES string of the molecule is CC1(C)CCC(C)(C)c2cc(Nc3ccc4c(oc5cc6c(cc54)C(C)(C)CCC6(C)C)c3-c3c4c(cc5ccccc35)N(c3ccc5c(c3)C(C)(C)CCC5(C)C)c3cc5c(cc3B4)C(C)(C)CCC5(C)C)ccc21. The molecule has 0 amide bonds. The highest BCUT2D eigenvalue weighted by atomic mass is 16.3. The molecule has 0 radical (unpaired) electrons. The first kappa shape index (κ1) is 49.8. The first-order valence-electron chi connectivity index (χ1n) is 29.2. The number of hydrogen-bond acceptors (Lipinski definition) is 3. The Morgan fingerprint density at radius 3 is 1.51 bits per heavy atom. The third-order valence-electron chi connectivity index (χ3n) is 21.1. The van der Waals surface area contributed by atoms with Crippen molar-refractivity contribution in [2.75, 3.05) is 10.2 Å². The van der Waals surface area contributed by atoms with Crippen LogP contribution in [0, 0.1) is 0 Å². The molecule has 0 saturated heterocycles. The minimum atomic E-state index is 0.0541. The molecule has 1 aliphatic heterocycles. The molecule has 0 saturated carbocycles. The third kappa shape index (κ3) is 7.40. The lowest BCUT2D eigenvalue weighted by molar-refractivity contribution is 0.332. The van der Waals surface area contributed by atoms with Crippen molar-refractivity contribution in [2.45, 2.75) is 205 Å². The van der Waals surface area contributed by atoms with Gasteiger partial charge in [0.25, 0.3) is 0 Å². The molecule has 0 fully saturated rings. The number of nitrogens with zero attached hydrogens (tertiary/aromatic N) is 1. The summed E-state index contributed by atoms with van der Waals surface area (Å²) in [5.74, 6) is 0. The van der Waals surface area contributed by atoms with E-state index in [2.05, 4.69) is 224 Å². The minimum absolute atomic E-state index is 0.0541. The van der Waals surface area contributed by atoms with Crippen molar-refractivity contribution >= 4 is 79.4 Å². The lowest BCUT2D eigenvalue weighted by atomic mass is 9.54. The fourth-order valence-corrected chi connectivity index (χ4v) is 15.4. The predicted octanol–water partition coefficient (Wildman–Crippen LogP) is 18.7. The van der Waals surface area contributed by atoms with Crippen LogP contribution in [0.5, 0.6) is 0 Å². The summed E-state index contributed by atoms with van der Waals surface area (Å²) in [5, 5.41) is 9.05. The van der Waals surface area contributed by atoms with Crippen LogP contribution in [-0.4, -0.2) is 7.28 Å². The van der Waals surface area contributed by atoms with Crippen LogP contribution in [-0.2, 0) is 43.3 Å². The van der Waals surface area contributed by atoms with Gasteiger partial charge in [-0.05, 0) is 222 Å². The van der Waals surface area contributed by atoms with E-state index < -0.39 is 0 Å². The van der Waals surface area contributed by atoms with Crippen LogP contribution in [0.15, 0.2) is 108 Å². The van der Waals surface area contributed by atoms with Gasteiger partial charge in [0.2, 0.25) is 0 Å². The fourth-order valence-electron chi connectivity index (χ4n) is 15.4. The Morgan fingerprint density at radius 1 is 0.408 bits per heavy atom. The summed E-state index contributed by atoms with van der Waals surface area (Å²) < 4.78 is 7.59. The van der Waals surface area contributed by atoms with Gasteiger partial charge in [-0.25, -0.2) is 0 Å². The van der Waals surface area contributed by atoms with E-state index in [1.807, 2.05) is 0 Å². The van der Waals surface area contributed by atoms with E-state index in [-0.39, 0.29) is 43.3 Å². The molecule has 4 aliphatic carbocycles. The lowest BCUT2D eigenvalue weighted by Gasteiger charge is -2.45. The predicted molar refractivity (Wildman–Crippen MR) is 329 cm³/mol. The van der Waals surface area contributed by atoms with Crippen LogP contribution >= 0.6 is 0 Å². The molecule has 3 nitrogen and oxygen atoms in total. The molecule has 76 heavy (non-hydrogen) atoms. The van der Waals surface area contributed by atoms with Crippen molar-refractivity contribution in [1.29, 1.82) is 0 Å². The van der Waals surface area contributed by atoms with E-state index in [0.717, 1.165) is 41.8 Å². The minimum Gasteiger partial charge on any atom is -0.455 e. The maximum Gasteiger partial charge on any atom is 0.198 e. The van der Waals surface area contributed by atoms with Crippen molar-refractivity contribution in [3.8, 4) is 11.1 Å². The summed E-state index contributed by atoms with van der Waals surface area (Å²) >= 11 is 0. The molecule has 0 unspecified atom stereocenters. The topological polar surface area (TPSA) is 28.4 Å². The zero-order chi connectivity index (χ0) is 53.7. The van der Waals surface area contributed by atoms with Crippen molar-refractivity contribution in [3.63, 3.8) is 0 Å². The average Bonchev–Trinajstić information content (AvgIpc) is 3.74. The molecule has 2 heterocycles. The smallest absolute Gasteiger partial charge is 0.198 e. The number of hydrogen-bond donors (Lipinski definition) is 1. The van der Waals surface area contributed by atoms with E-state index in [4.69, 9.17) is 4.42 Å². The number of benzene rings is 7. The summed E-state index contributed by atoms with van der Waals surface area (Å²) in [5.41, 5.74) is 25.5. The normalized spacial score (nSPS) is 21.4. The number of nitrogens with one attached hydrogen (secondary N) is 1. The molecular formula is C72H83BN2O. The Bertz CT molecular complexity index is 3790. The summed E-state index contributed by atoms with van der Waals surface area (Å²) in [6.45, 7) is 39.3. The molecule has 0 bridgehead atoms. The highest BCUT2D eigenvalue weighted by molar-refractivity contribution is 6.74. The molecule has 8 aromatic rings. The van der Waals surface area contributed by atoms with Gasteiger partial charge in [-0.1, -0.05) is 159 Å². The second-order valence-corrected chi connectivity index (χ2v) is 30.1. The molecule has 1 N–H and O–H groups in total. The van der Waals surface area contributed by atoms with Crippen molar-refractivity contribution < 1.29 is 4.42 Å². The molecule has 4 heteroatoms. The number of rotatable bonds is 4. The first-order valence-corrected chi connectivity index (χ1v) is 29.2. The van der Waals surface area contributed by atoms with Gasteiger partial charge in [-0.3, -0.25) is 0 Å². The maximum atomic E-state index is 7.59. The van der Waals surface area contributed by atoms with Gasteiger partial charge in [0.1, 0.15) is 11.2 Å². The van der Waals surface area contributed by atoms with Gasteiger partial charge < -0.3 is 14.6 Å². The second kappa shape index (κ2) is 15.9. The quantitative estimate of drug-likeness (QED) is 0.178. The molecule has 13 rings (SSSR count). The molecule has 390 valence electrons. The number of anilines is 5. The van der Waals surface area contributed by atoms with Crippen molar-refractivity contribution in [1.82, 2.24) is 0 Å². The Balaban J connectivity index is 1.13. The van der Waals surface area contributed by atoms with Crippen LogP contribution in [0.25, 0.3) is 43.8 Å². The van der Waals surface area contributed by atoms with E-state index >= 15 is 0 Å². The maximum absolute atomic E-state index is 7.59. The van der Waals surface area contributed by atoms with Gasteiger partial charge in [0.05, 0.1) is 5.69 Å². The Kier molecular flexibility index (Phi) is 10.5. The Labute approximate surface area is 455 Å². The van der Waals surface area contributed by atoms with Gasteiger partial charge >= 0.3 is 0 Å². The van der Waals surface area contributed by atoms with Gasteiger partial charge in [-0.15, -0.1) is 0 Å². The zero-order valence-electron chi connectivity index (χ0n) is 49.0. The highest BCUT2D eigenvalue weighted by Gasteiger charge is 2.44. The van der Waals surface area contributed by atoms with Crippen LogP contribution in [0.3, 0.4) is 0 Å². The molecule has 0 spiro atoms. The summed E-state index contributed by atoms with van der Waals surface area (Å²) in [6.07, 6.45) is 9.40. The van der Waals surface area contributed by atoms with Gasteiger partial charge in [0, 0.05) is 39.1 Å². The molecule has 7 aromatic carbocycles. The molecule has 5 aliphatic rings. The van der Waals surface area contributed by atoms with E-state index in [1.54, 1.807) is 0 Å². The van der Waals surface area contributed by atoms with Gasteiger partial charge in [0.15, 0.2) is 7.28 Å². The molecule has 0 atom stereocenters. The Hall–Kier alpha value is -5.74. The number of fused-ring (bicyclic) bond motifs is 10. The first-order chi connectivity index (χ1) is 35.6. The van der Waals surface area contributed by atoms with Crippen molar-refractivity contribution in [3.05, 3.63) is 148 Å². The summed E-state index contributed by atoms with van der Waals surface area (Å²) in [4.78, 5) is 2.69. The van der Waals surface area contributed by atoms with Crippen LogP contribution in [0.1, 0.15) is 207 Å². The van der Waals surface area contributed by atoms with E-state index in [9.17, 15) is 0 Å². The number of furan rings is 1.